The van der Waals surface area contributed by atoms with E-state index in [-0.39, 0.29) is 5.91 Å². The van der Waals surface area contributed by atoms with E-state index in [1.807, 2.05) is 12.4 Å². The fraction of sp³-hybridized carbons (Fsp3) is 0.444. The third-order valence-electron chi connectivity index (χ3n) is 4.82. The highest BCUT2D eigenvalue weighted by molar-refractivity contribution is 5.96. The van der Waals surface area contributed by atoms with E-state index in [9.17, 15) is 4.79 Å². The van der Waals surface area contributed by atoms with Crippen molar-refractivity contribution in [2.75, 3.05) is 6.54 Å². The third kappa shape index (κ3) is 3.40. The largest absolute Gasteiger partial charge is 0.352 e. The van der Waals surface area contributed by atoms with Gasteiger partial charge >= 0.3 is 0 Å². The second-order valence-electron chi connectivity index (χ2n) is 6.55. The van der Waals surface area contributed by atoms with Gasteiger partial charge in [-0.1, -0.05) is 12.8 Å². The SMILES string of the molecule is O=C(NCCCc1ncc[nH]1)c1cnc2c(c1)ncn2C1CCCC1. The number of aromatic amines is 1. The molecule has 0 aromatic carbocycles. The number of fused-ring (bicyclic) bond motifs is 1. The van der Waals surface area contributed by atoms with E-state index in [0.29, 0.717) is 18.2 Å². The lowest BCUT2D eigenvalue weighted by Gasteiger charge is -2.11. The first kappa shape index (κ1) is 15.8. The normalized spacial score (nSPS) is 15.0. The van der Waals surface area contributed by atoms with Gasteiger partial charge in [0.15, 0.2) is 5.65 Å². The molecule has 1 aliphatic carbocycles. The van der Waals surface area contributed by atoms with Crippen LogP contribution in [0, 0.1) is 0 Å². The summed E-state index contributed by atoms with van der Waals surface area (Å²) in [4.78, 5) is 28.5. The van der Waals surface area contributed by atoms with Gasteiger partial charge in [0.1, 0.15) is 11.3 Å². The molecular weight excluding hydrogens is 316 g/mol. The molecule has 0 aliphatic heterocycles. The lowest BCUT2D eigenvalue weighted by molar-refractivity contribution is 0.0953. The maximum atomic E-state index is 12.3. The van der Waals surface area contributed by atoms with Crippen LogP contribution in [0.3, 0.4) is 0 Å². The highest BCUT2D eigenvalue weighted by Crippen LogP contribution is 2.31. The molecule has 0 saturated heterocycles. The van der Waals surface area contributed by atoms with Gasteiger partial charge < -0.3 is 14.9 Å². The Balaban J connectivity index is 1.38. The van der Waals surface area contributed by atoms with Gasteiger partial charge in [0.2, 0.25) is 0 Å². The number of aryl methyl sites for hydroxylation is 1. The summed E-state index contributed by atoms with van der Waals surface area (Å²) >= 11 is 0. The first-order valence-corrected chi connectivity index (χ1v) is 8.90. The van der Waals surface area contributed by atoms with Crippen molar-refractivity contribution < 1.29 is 4.79 Å². The Hall–Kier alpha value is -2.70. The molecule has 25 heavy (non-hydrogen) atoms. The number of nitrogens with zero attached hydrogens (tertiary/aromatic N) is 4. The maximum Gasteiger partial charge on any atom is 0.252 e. The van der Waals surface area contributed by atoms with Crippen molar-refractivity contribution in [2.24, 2.45) is 0 Å². The lowest BCUT2D eigenvalue weighted by atomic mass is 10.2. The van der Waals surface area contributed by atoms with Gasteiger partial charge in [-0.3, -0.25) is 4.79 Å². The first-order chi connectivity index (χ1) is 12.3. The van der Waals surface area contributed by atoms with Crippen molar-refractivity contribution in [1.29, 1.82) is 0 Å². The third-order valence-corrected chi connectivity index (χ3v) is 4.82. The molecule has 0 radical (unpaired) electrons. The molecule has 2 N–H and O–H groups in total. The van der Waals surface area contributed by atoms with E-state index in [1.165, 1.54) is 25.7 Å². The molecule has 3 aromatic heterocycles. The van der Waals surface area contributed by atoms with Gasteiger partial charge in [0.25, 0.3) is 5.91 Å². The van der Waals surface area contributed by atoms with Crippen molar-refractivity contribution in [3.05, 3.63) is 42.4 Å². The predicted molar refractivity (Wildman–Crippen MR) is 94.3 cm³/mol. The standard InChI is InChI=1S/C18H22N6O/c25-18(21-7-3-6-16-19-8-9-20-16)13-10-15-17(22-11-13)24(12-23-15)14-4-1-2-5-14/h8-12,14H,1-7H2,(H,19,20)(H,21,25). The van der Waals surface area contributed by atoms with E-state index in [1.54, 1.807) is 18.6 Å². The van der Waals surface area contributed by atoms with Crippen LogP contribution < -0.4 is 5.32 Å². The van der Waals surface area contributed by atoms with Crippen LogP contribution in [0.5, 0.6) is 0 Å². The van der Waals surface area contributed by atoms with Crippen LogP contribution in [-0.4, -0.2) is 37.0 Å². The van der Waals surface area contributed by atoms with E-state index < -0.39 is 0 Å². The summed E-state index contributed by atoms with van der Waals surface area (Å²) in [6, 6.07) is 2.33. The van der Waals surface area contributed by atoms with Crippen molar-refractivity contribution in [1.82, 2.24) is 29.8 Å². The molecule has 4 rings (SSSR count). The fourth-order valence-corrected chi connectivity index (χ4v) is 3.49. The molecule has 3 aromatic rings. The van der Waals surface area contributed by atoms with E-state index in [2.05, 4.69) is 29.8 Å². The van der Waals surface area contributed by atoms with Crippen LogP contribution in [-0.2, 0) is 6.42 Å². The quantitative estimate of drug-likeness (QED) is 0.676. The van der Waals surface area contributed by atoms with Gasteiger partial charge in [0, 0.05) is 37.6 Å². The lowest BCUT2D eigenvalue weighted by Crippen LogP contribution is -2.25. The summed E-state index contributed by atoms with van der Waals surface area (Å²) in [6.45, 7) is 0.605. The minimum absolute atomic E-state index is 0.107. The molecule has 1 fully saturated rings. The molecule has 1 aliphatic rings. The summed E-state index contributed by atoms with van der Waals surface area (Å²) in [6.07, 6.45) is 13.6. The number of carbonyl (C=O) groups is 1. The average Bonchev–Trinajstić information content (AvgIpc) is 3.38. The molecule has 1 amide bonds. The van der Waals surface area contributed by atoms with Crippen LogP contribution >= 0.6 is 0 Å². The Morgan fingerprint density at radius 1 is 1.28 bits per heavy atom. The Morgan fingerprint density at radius 3 is 2.96 bits per heavy atom. The molecule has 0 spiro atoms. The van der Waals surface area contributed by atoms with E-state index >= 15 is 0 Å². The zero-order valence-electron chi connectivity index (χ0n) is 14.1. The molecule has 130 valence electrons. The average molecular weight is 338 g/mol. The van der Waals surface area contributed by atoms with Gasteiger partial charge in [0.05, 0.1) is 11.9 Å². The van der Waals surface area contributed by atoms with Crippen LogP contribution in [0.25, 0.3) is 11.2 Å². The number of nitrogens with one attached hydrogen (secondary N) is 2. The Kier molecular flexibility index (Phi) is 4.45. The number of H-pyrrole nitrogens is 1. The van der Waals surface area contributed by atoms with Gasteiger partial charge in [-0.05, 0) is 25.3 Å². The number of pyridine rings is 1. The summed E-state index contributed by atoms with van der Waals surface area (Å²) in [5.74, 6) is 0.832. The first-order valence-electron chi connectivity index (χ1n) is 8.90. The number of amides is 1. The highest BCUT2D eigenvalue weighted by atomic mass is 16.1. The number of carbonyl (C=O) groups excluding carboxylic acids is 1. The van der Waals surface area contributed by atoms with E-state index in [0.717, 1.165) is 29.8 Å². The summed E-state index contributed by atoms with van der Waals surface area (Å²) in [5, 5.41) is 2.93. The molecule has 7 heteroatoms. The van der Waals surface area contributed by atoms with E-state index in [4.69, 9.17) is 0 Å². The van der Waals surface area contributed by atoms with Crippen LogP contribution in [0.1, 0.15) is 54.3 Å². The molecule has 1 saturated carbocycles. The second kappa shape index (κ2) is 7.04. The molecule has 0 bridgehead atoms. The molecule has 7 nitrogen and oxygen atoms in total. The van der Waals surface area contributed by atoms with Crippen LogP contribution in [0.4, 0.5) is 0 Å². The van der Waals surface area contributed by atoms with Crippen molar-refractivity contribution in [3.63, 3.8) is 0 Å². The fourth-order valence-electron chi connectivity index (χ4n) is 3.49. The van der Waals surface area contributed by atoms with Crippen molar-refractivity contribution >= 4 is 17.1 Å². The van der Waals surface area contributed by atoms with Gasteiger partial charge in [-0.15, -0.1) is 0 Å². The maximum absolute atomic E-state index is 12.3. The summed E-state index contributed by atoms with van der Waals surface area (Å²) in [5.41, 5.74) is 2.22. The zero-order chi connectivity index (χ0) is 17.1. The van der Waals surface area contributed by atoms with Crippen molar-refractivity contribution in [3.8, 4) is 0 Å². The number of rotatable bonds is 6. The van der Waals surface area contributed by atoms with Crippen LogP contribution in [0.2, 0.25) is 0 Å². The topological polar surface area (TPSA) is 88.5 Å². The second-order valence-corrected chi connectivity index (χ2v) is 6.55. The van der Waals surface area contributed by atoms with Gasteiger partial charge in [-0.25, -0.2) is 15.0 Å². The smallest absolute Gasteiger partial charge is 0.252 e. The Bertz CT molecular complexity index is 848. The van der Waals surface area contributed by atoms with Crippen molar-refractivity contribution in [2.45, 2.75) is 44.6 Å². The number of hydrogen-bond acceptors (Lipinski definition) is 4. The Labute approximate surface area is 145 Å². The highest BCUT2D eigenvalue weighted by Gasteiger charge is 2.20. The number of hydrogen-bond donors (Lipinski definition) is 2. The Morgan fingerprint density at radius 2 is 2.16 bits per heavy atom. The number of imidazole rings is 2. The summed E-state index contributed by atoms with van der Waals surface area (Å²) < 4.78 is 2.16. The number of aromatic nitrogens is 5. The molecule has 3 heterocycles. The zero-order valence-corrected chi connectivity index (χ0v) is 14.1. The predicted octanol–water partition coefficient (Wildman–Crippen LogP) is 2.63. The summed E-state index contributed by atoms with van der Waals surface area (Å²) in [7, 11) is 0. The van der Waals surface area contributed by atoms with Gasteiger partial charge in [-0.2, -0.15) is 0 Å². The minimum Gasteiger partial charge on any atom is -0.352 e. The molecule has 0 atom stereocenters. The molecule has 0 unspecified atom stereocenters. The monoisotopic (exact) mass is 338 g/mol. The molecular formula is C18H22N6O. The minimum atomic E-state index is -0.107. The van der Waals surface area contributed by atoms with Crippen LogP contribution in [0.15, 0.2) is 31.0 Å².